The molecule has 0 spiro atoms. The van der Waals surface area contributed by atoms with Gasteiger partial charge in [0, 0.05) is 10.6 Å². The fourth-order valence-electron chi connectivity index (χ4n) is 1.83. The standard InChI is InChI=1S/C12H14ClNO2/c1-8-3-4-9(5-10(8)13)11(15)14-6-12(2,16)7-14/h3-5,16H,6-7H2,1-2H3. The minimum atomic E-state index is -0.732. The van der Waals surface area contributed by atoms with Crippen molar-refractivity contribution in [2.45, 2.75) is 19.4 Å². The topological polar surface area (TPSA) is 40.5 Å². The van der Waals surface area contributed by atoms with Crippen molar-refractivity contribution < 1.29 is 9.90 Å². The molecule has 86 valence electrons. The number of rotatable bonds is 1. The Morgan fingerprint density at radius 1 is 1.50 bits per heavy atom. The van der Waals surface area contributed by atoms with E-state index in [0.29, 0.717) is 23.7 Å². The van der Waals surface area contributed by atoms with Crippen LogP contribution in [0.3, 0.4) is 0 Å². The van der Waals surface area contributed by atoms with E-state index in [4.69, 9.17) is 11.6 Å². The zero-order chi connectivity index (χ0) is 11.9. The second kappa shape index (κ2) is 3.75. The predicted molar refractivity (Wildman–Crippen MR) is 62.7 cm³/mol. The van der Waals surface area contributed by atoms with Crippen LogP contribution in [0.25, 0.3) is 0 Å². The number of hydrogen-bond donors (Lipinski definition) is 1. The Kier molecular flexibility index (Phi) is 2.68. The van der Waals surface area contributed by atoms with Crippen molar-refractivity contribution in [3.8, 4) is 0 Å². The summed E-state index contributed by atoms with van der Waals surface area (Å²) in [6.45, 7) is 4.39. The van der Waals surface area contributed by atoms with E-state index in [1.807, 2.05) is 13.0 Å². The van der Waals surface area contributed by atoms with Crippen molar-refractivity contribution in [3.63, 3.8) is 0 Å². The highest BCUT2D eigenvalue weighted by molar-refractivity contribution is 6.31. The number of aryl methyl sites for hydroxylation is 1. The van der Waals surface area contributed by atoms with Crippen molar-refractivity contribution in [1.29, 1.82) is 0 Å². The summed E-state index contributed by atoms with van der Waals surface area (Å²) in [7, 11) is 0. The van der Waals surface area contributed by atoms with Gasteiger partial charge in [-0.2, -0.15) is 0 Å². The van der Waals surface area contributed by atoms with Crippen LogP contribution in [0.1, 0.15) is 22.8 Å². The number of hydrogen-bond acceptors (Lipinski definition) is 2. The monoisotopic (exact) mass is 239 g/mol. The van der Waals surface area contributed by atoms with E-state index in [1.165, 1.54) is 0 Å². The number of halogens is 1. The molecule has 16 heavy (non-hydrogen) atoms. The molecule has 2 rings (SSSR count). The van der Waals surface area contributed by atoms with Crippen LogP contribution in [0, 0.1) is 6.92 Å². The molecule has 1 saturated heterocycles. The summed E-state index contributed by atoms with van der Waals surface area (Å²) in [5, 5.41) is 10.2. The minimum absolute atomic E-state index is 0.0755. The van der Waals surface area contributed by atoms with Crippen LogP contribution in [0.5, 0.6) is 0 Å². The van der Waals surface area contributed by atoms with Crippen molar-refractivity contribution in [2.75, 3.05) is 13.1 Å². The van der Waals surface area contributed by atoms with Crippen molar-refractivity contribution in [2.24, 2.45) is 0 Å². The van der Waals surface area contributed by atoms with Crippen LogP contribution >= 0.6 is 11.6 Å². The molecule has 1 heterocycles. The third kappa shape index (κ3) is 2.06. The number of amides is 1. The largest absolute Gasteiger partial charge is 0.386 e. The normalized spacial score (nSPS) is 18.1. The van der Waals surface area contributed by atoms with Gasteiger partial charge in [0.2, 0.25) is 0 Å². The lowest BCUT2D eigenvalue weighted by Gasteiger charge is -2.44. The quantitative estimate of drug-likeness (QED) is 0.813. The summed E-state index contributed by atoms with van der Waals surface area (Å²) < 4.78 is 0. The Balaban J connectivity index is 2.13. The molecule has 1 aliphatic heterocycles. The van der Waals surface area contributed by atoms with Gasteiger partial charge in [0.15, 0.2) is 0 Å². The van der Waals surface area contributed by atoms with Crippen LogP contribution in [-0.4, -0.2) is 34.6 Å². The fourth-order valence-corrected chi connectivity index (χ4v) is 2.01. The lowest BCUT2D eigenvalue weighted by molar-refractivity contribution is -0.0668. The van der Waals surface area contributed by atoms with E-state index in [0.717, 1.165) is 5.56 Å². The van der Waals surface area contributed by atoms with Gasteiger partial charge in [-0.05, 0) is 31.5 Å². The molecular weight excluding hydrogens is 226 g/mol. The molecule has 1 fully saturated rings. The van der Waals surface area contributed by atoms with Gasteiger partial charge < -0.3 is 10.0 Å². The van der Waals surface area contributed by atoms with Crippen molar-refractivity contribution in [3.05, 3.63) is 34.3 Å². The molecule has 0 bridgehead atoms. The maximum atomic E-state index is 11.9. The smallest absolute Gasteiger partial charge is 0.254 e. The number of carbonyl (C=O) groups is 1. The number of likely N-dealkylation sites (tertiary alicyclic amines) is 1. The number of aliphatic hydroxyl groups is 1. The molecule has 1 aliphatic rings. The summed E-state index contributed by atoms with van der Waals surface area (Å²) in [5.41, 5.74) is 0.796. The molecule has 0 aliphatic carbocycles. The first kappa shape index (κ1) is 11.4. The summed E-state index contributed by atoms with van der Waals surface area (Å²) >= 11 is 5.96. The molecule has 1 N–H and O–H groups in total. The zero-order valence-corrected chi connectivity index (χ0v) is 10.1. The molecule has 0 saturated carbocycles. The summed E-state index contributed by atoms with van der Waals surface area (Å²) in [6.07, 6.45) is 0. The Bertz CT molecular complexity index is 435. The molecule has 1 aromatic rings. The molecule has 0 radical (unpaired) electrons. The summed E-state index contributed by atoms with van der Waals surface area (Å²) in [4.78, 5) is 13.5. The Hall–Kier alpha value is -1.06. The third-order valence-electron chi connectivity index (χ3n) is 2.77. The molecule has 3 nitrogen and oxygen atoms in total. The second-order valence-corrected chi connectivity index (χ2v) is 5.03. The second-order valence-electron chi connectivity index (χ2n) is 4.62. The molecule has 1 aromatic carbocycles. The summed E-state index contributed by atoms with van der Waals surface area (Å²) in [6, 6.07) is 5.26. The number of carbonyl (C=O) groups excluding carboxylic acids is 1. The van der Waals surface area contributed by atoms with Gasteiger partial charge >= 0.3 is 0 Å². The van der Waals surface area contributed by atoms with Crippen LogP contribution < -0.4 is 0 Å². The Morgan fingerprint density at radius 2 is 2.12 bits per heavy atom. The number of β-amino-alcohol motifs (C(OH)–C–C–N with tert-alkyl or cyclic N) is 1. The van der Waals surface area contributed by atoms with E-state index in [-0.39, 0.29) is 5.91 Å². The zero-order valence-electron chi connectivity index (χ0n) is 9.33. The van der Waals surface area contributed by atoms with Crippen molar-refractivity contribution in [1.82, 2.24) is 4.90 Å². The number of nitrogens with zero attached hydrogens (tertiary/aromatic N) is 1. The van der Waals surface area contributed by atoms with Crippen LogP contribution in [0.2, 0.25) is 5.02 Å². The van der Waals surface area contributed by atoms with Crippen molar-refractivity contribution >= 4 is 17.5 Å². The van der Waals surface area contributed by atoms with Crippen LogP contribution in [-0.2, 0) is 0 Å². The van der Waals surface area contributed by atoms with Gasteiger partial charge in [-0.3, -0.25) is 4.79 Å². The minimum Gasteiger partial charge on any atom is -0.386 e. The SMILES string of the molecule is Cc1ccc(C(=O)N2CC(C)(O)C2)cc1Cl. The first-order valence-corrected chi connectivity index (χ1v) is 5.55. The van der Waals surface area contributed by atoms with Crippen LogP contribution in [0.4, 0.5) is 0 Å². The molecule has 1 amide bonds. The molecular formula is C12H14ClNO2. The maximum absolute atomic E-state index is 11.9. The van der Waals surface area contributed by atoms with Gasteiger partial charge in [0.1, 0.15) is 0 Å². The van der Waals surface area contributed by atoms with Gasteiger partial charge in [-0.15, -0.1) is 0 Å². The number of benzene rings is 1. The van der Waals surface area contributed by atoms with E-state index < -0.39 is 5.60 Å². The molecule has 0 aromatic heterocycles. The van der Waals surface area contributed by atoms with Gasteiger partial charge in [-0.25, -0.2) is 0 Å². The molecule has 0 atom stereocenters. The van der Waals surface area contributed by atoms with E-state index in [1.54, 1.807) is 24.0 Å². The van der Waals surface area contributed by atoms with Gasteiger partial charge in [-0.1, -0.05) is 17.7 Å². The summed E-state index contributed by atoms with van der Waals surface area (Å²) in [5.74, 6) is -0.0755. The van der Waals surface area contributed by atoms with E-state index in [9.17, 15) is 9.90 Å². The third-order valence-corrected chi connectivity index (χ3v) is 3.18. The average Bonchev–Trinajstić information content (AvgIpc) is 2.17. The first-order chi connectivity index (χ1) is 7.39. The Morgan fingerprint density at radius 3 is 2.62 bits per heavy atom. The highest BCUT2D eigenvalue weighted by Crippen LogP contribution is 2.24. The highest BCUT2D eigenvalue weighted by Gasteiger charge is 2.39. The van der Waals surface area contributed by atoms with Gasteiger partial charge in [0.25, 0.3) is 5.91 Å². The fraction of sp³-hybridized carbons (Fsp3) is 0.417. The molecule has 4 heteroatoms. The van der Waals surface area contributed by atoms with Gasteiger partial charge in [0.05, 0.1) is 18.7 Å². The average molecular weight is 240 g/mol. The van der Waals surface area contributed by atoms with E-state index in [2.05, 4.69) is 0 Å². The lowest BCUT2D eigenvalue weighted by atomic mass is 9.96. The maximum Gasteiger partial charge on any atom is 0.254 e. The van der Waals surface area contributed by atoms with E-state index >= 15 is 0 Å². The Labute approximate surface area is 99.6 Å². The van der Waals surface area contributed by atoms with Crippen LogP contribution in [0.15, 0.2) is 18.2 Å². The lowest BCUT2D eigenvalue weighted by Crippen LogP contribution is -2.61. The highest BCUT2D eigenvalue weighted by atomic mass is 35.5. The first-order valence-electron chi connectivity index (χ1n) is 5.17. The molecule has 0 unspecified atom stereocenters. The predicted octanol–water partition coefficient (Wildman–Crippen LogP) is 1.86.